The lowest BCUT2D eigenvalue weighted by Crippen LogP contribution is -2.14. The lowest BCUT2D eigenvalue weighted by atomic mass is 10.0. The number of alkyl halides is 4. The third kappa shape index (κ3) is 5.22. The molecule has 1 unspecified atom stereocenters. The van der Waals surface area contributed by atoms with Gasteiger partial charge < -0.3 is 5.32 Å². The third-order valence-corrected chi connectivity index (χ3v) is 3.85. The van der Waals surface area contributed by atoms with Gasteiger partial charge in [0.2, 0.25) is 0 Å². The number of nitrogens with one attached hydrogen (secondary N) is 1. The molecule has 1 aromatic rings. The van der Waals surface area contributed by atoms with E-state index in [9.17, 15) is 13.2 Å². The highest BCUT2D eigenvalue weighted by Gasteiger charge is 2.30. The lowest BCUT2D eigenvalue weighted by Gasteiger charge is -2.17. The Morgan fingerprint density at radius 1 is 1.37 bits per heavy atom. The van der Waals surface area contributed by atoms with Crippen molar-refractivity contribution in [2.24, 2.45) is 5.92 Å². The molecule has 6 heteroatoms. The van der Waals surface area contributed by atoms with E-state index in [1.54, 1.807) is 0 Å². The molecule has 1 nitrogen and oxygen atoms in total. The van der Waals surface area contributed by atoms with Crippen molar-refractivity contribution in [2.75, 3.05) is 17.7 Å². The van der Waals surface area contributed by atoms with Gasteiger partial charge in [0.1, 0.15) is 0 Å². The van der Waals surface area contributed by atoms with Crippen LogP contribution in [0.2, 0.25) is 0 Å². The normalized spacial score (nSPS) is 13.4. The summed E-state index contributed by atoms with van der Waals surface area (Å²) >= 11 is 8.86. The molecule has 1 N–H and O–H groups in total. The highest BCUT2D eigenvalue weighted by atomic mass is 79.9. The van der Waals surface area contributed by atoms with Gasteiger partial charge in [-0.15, -0.1) is 11.6 Å². The first kappa shape index (κ1) is 16.6. The monoisotopic (exact) mass is 357 g/mol. The Hall–Kier alpha value is -0.420. The Balaban J connectivity index is 2.70. The third-order valence-electron chi connectivity index (χ3n) is 2.97. The second-order valence-electron chi connectivity index (χ2n) is 4.33. The van der Waals surface area contributed by atoms with Crippen LogP contribution in [0.3, 0.4) is 0 Å². The molecule has 0 aromatic heterocycles. The number of halogens is 5. The zero-order chi connectivity index (χ0) is 14.5. The summed E-state index contributed by atoms with van der Waals surface area (Å²) < 4.78 is 38.0. The standard InChI is InChI=1S/C13H16BrClF3N/c1-2-9(5-6-15)8-19-12-4-3-10(7-11(12)14)13(16,17)18/h3-4,7,9,19H,2,5-6,8H2,1H3. The Morgan fingerprint density at radius 2 is 2.05 bits per heavy atom. The number of benzene rings is 1. The van der Waals surface area contributed by atoms with Crippen LogP contribution in [0.5, 0.6) is 0 Å². The Kier molecular flexibility index (Phi) is 6.47. The zero-order valence-corrected chi connectivity index (χ0v) is 12.9. The summed E-state index contributed by atoms with van der Waals surface area (Å²) in [5.74, 6) is 1.01. The average molecular weight is 359 g/mol. The van der Waals surface area contributed by atoms with Crippen molar-refractivity contribution in [3.05, 3.63) is 28.2 Å². The van der Waals surface area contributed by atoms with Crippen molar-refractivity contribution < 1.29 is 13.2 Å². The fourth-order valence-corrected chi connectivity index (χ4v) is 2.52. The van der Waals surface area contributed by atoms with Crippen LogP contribution < -0.4 is 5.32 Å². The molecule has 0 bridgehead atoms. The van der Waals surface area contributed by atoms with Gasteiger partial charge in [0.25, 0.3) is 0 Å². The minimum atomic E-state index is -4.31. The van der Waals surface area contributed by atoms with E-state index >= 15 is 0 Å². The van der Waals surface area contributed by atoms with E-state index in [0.717, 1.165) is 25.0 Å². The first-order valence-corrected chi connectivity index (χ1v) is 7.37. The van der Waals surface area contributed by atoms with E-state index < -0.39 is 11.7 Å². The molecule has 0 radical (unpaired) electrons. The molecule has 0 aliphatic carbocycles. The van der Waals surface area contributed by atoms with Crippen LogP contribution in [0, 0.1) is 5.92 Å². The molecule has 0 fully saturated rings. The highest BCUT2D eigenvalue weighted by Crippen LogP contribution is 2.34. The molecule has 19 heavy (non-hydrogen) atoms. The first-order valence-electron chi connectivity index (χ1n) is 6.05. The van der Waals surface area contributed by atoms with E-state index in [-0.39, 0.29) is 0 Å². The number of hydrogen-bond acceptors (Lipinski definition) is 1. The van der Waals surface area contributed by atoms with Crippen molar-refractivity contribution in [1.82, 2.24) is 0 Å². The summed E-state index contributed by atoms with van der Waals surface area (Å²) in [7, 11) is 0. The number of rotatable bonds is 6. The largest absolute Gasteiger partial charge is 0.416 e. The average Bonchev–Trinajstić information content (AvgIpc) is 2.34. The maximum Gasteiger partial charge on any atom is 0.416 e. The molecular weight excluding hydrogens is 343 g/mol. The molecule has 1 rings (SSSR count). The molecule has 0 aliphatic heterocycles. The molecule has 0 saturated carbocycles. The molecule has 1 aromatic carbocycles. The summed E-state index contributed by atoms with van der Waals surface area (Å²) in [5, 5.41) is 3.15. The summed E-state index contributed by atoms with van der Waals surface area (Å²) in [6.45, 7) is 2.77. The van der Waals surface area contributed by atoms with Crippen molar-refractivity contribution in [1.29, 1.82) is 0 Å². The van der Waals surface area contributed by atoms with Crippen molar-refractivity contribution >= 4 is 33.2 Å². The van der Waals surface area contributed by atoms with Crippen LogP contribution in [-0.4, -0.2) is 12.4 Å². The van der Waals surface area contributed by atoms with Crippen molar-refractivity contribution in [2.45, 2.75) is 25.9 Å². The van der Waals surface area contributed by atoms with E-state index in [1.165, 1.54) is 6.07 Å². The molecule has 0 heterocycles. The highest BCUT2D eigenvalue weighted by molar-refractivity contribution is 9.10. The fraction of sp³-hybridized carbons (Fsp3) is 0.538. The molecule has 0 aliphatic rings. The van der Waals surface area contributed by atoms with Gasteiger partial charge in [-0.25, -0.2) is 0 Å². The van der Waals surface area contributed by atoms with Gasteiger partial charge in [-0.2, -0.15) is 13.2 Å². The quantitative estimate of drug-likeness (QED) is 0.659. The van der Waals surface area contributed by atoms with Gasteiger partial charge in [-0.3, -0.25) is 0 Å². The summed E-state index contributed by atoms with van der Waals surface area (Å²) in [6, 6.07) is 3.61. The predicted molar refractivity (Wildman–Crippen MR) is 76.8 cm³/mol. The van der Waals surface area contributed by atoms with Crippen LogP contribution in [0.25, 0.3) is 0 Å². The molecule has 108 valence electrons. The van der Waals surface area contributed by atoms with Gasteiger partial charge in [0.05, 0.1) is 5.56 Å². The van der Waals surface area contributed by atoms with E-state index in [2.05, 4.69) is 28.2 Å². The Bertz CT molecular complexity index is 409. The van der Waals surface area contributed by atoms with Crippen LogP contribution in [0.1, 0.15) is 25.3 Å². The van der Waals surface area contributed by atoms with E-state index in [0.29, 0.717) is 28.5 Å². The van der Waals surface area contributed by atoms with Crippen molar-refractivity contribution in [3.8, 4) is 0 Å². The van der Waals surface area contributed by atoms with Gasteiger partial charge in [-0.1, -0.05) is 13.3 Å². The van der Waals surface area contributed by atoms with Gasteiger partial charge in [0.15, 0.2) is 0 Å². The molecule has 1 atom stereocenters. The topological polar surface area (TPSA) is 12.0 Å². The van der Waals surface area contributed by atoms with Crippen LogP contribution >= 0.6 is 27.5 Å². The minimum Gasteiger partial charge on any atom is -0.384 e. The molecular formula is C13H16BrClF3N. The molecule has 0 amide bonds. The number of hydrogen-bond donors (Lipinski definition) is 1. The van der Waals surface area contributed by atoms with Crippen molar-refractivity contribution in [3.63, 3.8) is 0 Å². The van der Waals surface area contributed by atoms with Gasteiger partial charge in [-0.05, 0) is 46.5 Å². The van der Waals surface area contributed by atoms with Crippen LogP contribution in [0.15, 0.2) is 22.7 Å². The second kappa shape index (κ2) is 7.39. The fourth-order valence-electron chi connectivity index (χ4n) is 1.69. The smallest absolute Gasteiger partial charge is 0.384 e. The Labute approximate surface area is 124 Å². The first-order chi connectivity index (χ1) is 8.88. The lowest BCUT2D eigenvalue weighted by molar-refractivity contribution is -0.137. The van der Waals surface area contributed by atoms with Gasteiger partial charge in [0, 0.05) is 22.6 Å². The summed E-state index contributed by atoms with van der Waals surface area (Å²) in [4.78, 5) is 0. The minimum absolute atomic E-state index is 0.419. The predicted octanol–water partition coefficient (Wildman–Crippen LogP) is 5.53. The van der Waals surface area contributed by atoms with Crippen LogP contribution in [0.4, 0.5) is 18.9 Å². The number of anilines is 1. The second-order valence-corrected chi connectivity index (χ2v) is 5.56. The van der Waals surface area contributed by atoms with Gasteiger partial charge >= 0.3 is 6.18 Å². The summed E-state index contributed by atoms with van der Waals surface area (Å²) in [6.07, 6.45) is -2.44. The van der Waals surface area contributed by atoms with E-state index in [4.69, 9.17) is 11.6 Å². The maximum absolute atomic E-state index is 12.5. The maximum atomic E-state index is 12.5. The van der Waals surface area contributed by atoms with Crippen LogP contribution in [-0.2, 0) is 6.18 Å². The zero-order valence-electron chi connectivity index (χ0n) is 10.5. The SMILES string of the molecule is CCC(CCCl)CNc1ccc(C(F)(F)F)cc1Br. The van der Waals surface area contributed by atoms with E-state index in [1.807, 2.05) is 0 Å². The molecule has 0 spiro atoms. The molecule has 0 saturated heterocycles. The summed E-state index contributed by atoms with van der Waals surface area (Å²) in [5.41, 5.74) is 0.0127. The Morgan fingerprint density at radius 3 is 2.53 bits per heavy atom.